The van der Waals surface area contributed by atoms with E-state index in [4.69, 9.17) is 24.4 Å². The first-order chi connectivity index (χ1) is 31.2. The molecule has 15 heteroatoms. The van der Waals surface area contributed by atoms with E-state index in [-0.39, 0.29) is 101 Å². The lowest BCUT2D eigenvalue weighted by Crippen LogP contribution is -2.52. The Bertz CT molecular complexity index is 2180. The van der Waals surface area contributed by atoms with Crippen molar-refractivity contribution in [3.8, 4) is 0 Å². The normalized spacial score (nSPS) is 25.5. The van der Waals surface area contributed by atoms with Gasteiger partial charge < -0.3 is 44.8 Å². The van der Waals surface area contributed by atoms with Gasteiger partial charge in [0.2, 0.25) is 0 Å². The van der Waals surface area contributed by atoms with Gasteiger partial charge in [0, 0.05) is 16.7 Å². The summed E-state index contributed by atoms with van der Waals surface area (Å²) < 4.78 is 15.4. The third kappa shape index (κ3) is 10.9. The maximum absolute atomic E-state index is 14.7. The van der Waals surface area contributed by atoms with Gasteiger partial charge in [0.15, 0.2) is 17.3 Å². The van der Waals surface area contributed by atoms with Crippen LogP contribution in [0.5, 0.6) is 0 Å². The molecule has 350 valence electrons. The lowest BCUT2D eigenvalue weighted by molar-refractivity contribution is -0.160. The third-order valence-electron chi connectivity index (χ3n) is 13.3. The van der Waals surface area contributed by atoms with Crippen molar-refractivity contribution in [1.82, 2.24) is 0 Å². The highest BCUT2D eigenvalue weighted by atomic mass is 16.6. The molecule has 6 rings (SSSR count). The lowest BCUT2D eigenvalue weighted by atomic mass is 9.70. The van der Waals surface area contributed by atoms with E-state index in [0.717, 1.165) is 5.56 Å². The molecule has 0 aromatic heterocycles. The Morgan fingerprint density at radius 2 is 0.815 bits per heavy atom. The number of benzene rings is 3. The van der Waals surface area contributed by atoms with E-state index in [2.05, 4.69) is 0 Å². The number of aliphatic hydroxyl groups excluding tert-OH is 3. The van der Waals surface area contributed by atoms with Crippen LogP contribution in [0.1, 0.15) is 130 Å². The summed E-state index contributed by atoms with van der Waals surface area (Å²) in [5.41, 5.74) is -2.92. The van der Waals surface area contributed by atoms with Crippen LogP contribution in [0.2, 0.25) is 0 Å². The van der Waals surface area contributed by atoms with Crippen molar-refractivity contribution in [2.45, 2.75) is 107 Å². The molecule has 65 heavy (non-hydrogen) atoms. The molecule has 0 heterocycles. The van der Waals surface area contributed by atoms with E-state index >= 15 is 0 Å². The highest BCUT2D eigenvalue weighted by molar-refractivity contribution is 6.07. The van der Waals surface area contributed by atoms with Gasteiger partial charge in [-0.1, -0.05) is 99.2 Å². The first-order valence-electron chi connectivity index (χ1n) is 22.6. The summed E-state index contributed by atoms with van der Waals surface area (Å²) in [6.45, 7) is -1.96. The number of hydrogen-bond donors (Lipinski definition) is 6. The molecule has 3 aromatic carbocycles. The average molecular weight is 901 g/mol. The van der Waals surface area contributed by atoms with Crippen molar-refractivity contribution < 1.29 is 73.6 Å². The predicted octanol–water partition coefficient (Wildman–Crippen LogP) is 3.79. The molecular formula is C50H60O15. The molecule has 0 bridgehead atoms. The molecule has 3 aliphatic rings. The highest BCUT2D eigenvalue weighted by Gasteiger charge is 2.52. The van der Waals surface area contributed by atoms with Crippen LogP contribution in [0, 0.1) is 17.8 Å². The van der Waals surface area contributed by atoms with Crippen LogP contribution in [0.25, 0.3) is 0 Å². The summed E-state index contributed by atoms with van der Waals surface area (Å²) in [7, 11) is 0. The zero-order valence-electron chi connectivity index (χ0n) is 36.6. The number of rotatable bonds is 19. The number of Topliss-reactive ketones (excluding diaryl/α,β-unsaturated/α-hetero) is 3. The second kappa shape index (κ2) is 21.9. The van der Waals surface area contributed by atoms with E-state index in [1.807, 2.05) is 6.07 Å². The molecule has 0 aliphatic heterocycles. The number of ether oxygens (including phenoxy) is 3. The van der Waals surface area contributed by atoms with Crippen molar-refractivity contribution in [3.05, 3.63) is 106 Å². The van der Waals surface area contributed by atoms with Gasteiger partial charge in [0.25, 0.3) is 0 Å². The zero-order valence-corrected chi connectivity index (χ0v) is 36.6. The lowest BCUT2D eigenvalue weighted by Gasteiger charge is -2.37. The maximum Gasteiger partial charge on any atom is 0.312 e. The molecule has 0 saturated heterocycles. The summed E-state index contributed by atoms with van der Waals surface area (Å²) in [6.07, 6.45) is 4.73. The van der Waals surface area contributed by atoms with Gasteiger partial charge in [-0.3, -0.25) is 28.8 Å². The summed E-state index contributed by atoms with van der Waals surface area (Å²) in [6, 6.07) is 18.2. The molecule has 3 fully saturated rings. The van der Waals surface area contributed by atoms with Gasteiger partial charge in [0.05, 0.1) is 37.6 Å². The molecule has 6 unspecified atom stereocenters. The van der Waals surface area contributed by atoms with Gasteiger partial charge in [0.1, 0.15) is 36.6 Å². The SMILES string of the molecule is O=C(OCCO)C1CCCCC1(O)C(=O)c1ccc(Cc2ccc(Cc3ccc(C(=O)C4(O)CCCCC4C(=O)OCCO)cc3)c(C(=O)C3(O)CCCCC3C(=O)OCCO)c2)cc1. The van der Waals surface area contributed by atoms with E-state index in [9.17, 15) is 49.2 Å². The zero-order chi connectivity index (χ0) is 46.8. The quantitative estimate of drug-likeness (QED) is 0.0569. The van der Waals surface area contributed by atoms with Gasteiger partial charge in [-0.2, -0.15) is 0 Å². The minimum Gasteiger partial charge on any atom is -0.463 e. The van der Waals surface area contributed by atoms with Crippen LogP contribution >= 0.6 is 0 Å². The van der Waals surface area contributed by atoms with Gasteiger partial charge >= 0.3 is 17.9 Å². The Morgan fingerprint density at radius 3 is 1.20 bits per heavy atom. The standard InChI is InChI=1S/C50H60O15/c51-23-26-63-45(57)39-7-1-4-20-48(39,60)42(54)35-15-10-32(11-16-35)29-34-14-19-37(38(31-34)44(56)50(62)22-6-3-9-41(50)47(59)65-28-25-53)30-33-12-17-36(18-13-33)43(55)49(61)21-5-2-8-40(49)46(58)64-27-24-52/h10-19,31,39-41,51-53,60-62H,1-9,20-30H2. The number of carbonyl (C=O) groups excluding carboxylic acids is 6. The Labute approximate surface area is 377 Å². The third-order valence-corrected chi connectivity index (χ3v) is 13.3. The van der Waals surface area contributed by atoms with E-state index in [1.165, 1.54) is 0 Å². The molecule has 15 nitrogen and oxygen atoms in total. The number of carbonyl (C=O) groups is 6. The Morgan fingerprint density at radius 1 is 0.462 bits per heavy atom. The van der Waals surface area contributed by atoms with E-state index in [0.29, 0.717) is 55.2 Å². The van der Waals surface area contributed by atoms with Crippen LogP contribution < -0.4 is 0 Å². The summed E-state index contributed by atoms with van der Waals surface area (Å²) in [4.78, 5) is 81.1. The van der Waals surface area contributed by atoms with Crippen molar-refractivity contribution in [2.75, 3.05) is 39.6 Å². The van der Waals surface area contributed by atoms with Crippen LogP contribution in [0.3, 0.4) is 0 Å². The average Bonchev–Trinajstić information content (AvgIpc) is 3.32. The van der Waals surface area contributed by atoms with Crippen molar-refractivity contribution in [1.29, 1.82) is 0 Å². The molecule has 0 spiro atoms. The molecule has 0 radical (unpaired) electrons. The largest absolute Gasteiger partial charge is 0.463 e. The second-order valence-electron chi connectivity index (χ2n) is 17.6. The van der Waals surface area contributed by atoms with Crippen molar-refractivity contribution in [2.24, 2.45) is 17.8 Å². The predicted molar refractivity (Wildman–Crippen MR) is 233 cm³/mol. The number of ketones is 3. The van der Waals surface area contributed by atoms with Crippen LogP contribution in [-0.2, 0) is 41.4 Å². The van der Waals surface area contributed by atoms with Crippen molar-refractivity contribution >= 4 is 35.3 Å². The first kappa shape index (κ1) is 49.3. The Kier molecular flexibility index (Phi) is 16.6. The molecule has 3 aliphatic carbocycles. The van der Waals surface area contributed by atoms with E-state index in [1.54, 1.807) is 60.7 Å². The van der Waals surface area contributed by atoms with Crippen LogP contribution in [0.15, 0.2) is 66.7 Å². The Balaban J connectivity index is 1.27. The van der Waals surface area contributed by atoms with Crippen LogP contribution in [0.4, 0.5) is 0 Å². The smallest absolute Gasteiger partial charge is 0.312 e. The molecular weight excluding hydrogens is 841 g/mol. The summed E-state index contributed by atoms with van der Waals surface area (Å²) >= 11 is 0. The van der Waals surface area contributed by atoms with E-state index < -0.39 is 76.4 Å². The molecule has 3 aromatic rings. The molecule has 6 N–H and O–H groups in total. The maximum atomic E-state index is 14.7. The molecule has 3 saturated carbocycles. The topological polar surface area (TPSA) is 251 Å². The minimum absolute atomic E-state index is 0.00447. The Hall–Kier alpha value is -5.16. The van der Waals surface area contributed by atoms with Crippen LogP contribution in [-0.4, -0.2) is 122 Å². The van der Waals surface area contributed by atoms with Gasteiger partial charge in [-0.25, -0.2) is 0 Å². The number of aliphatic hydroxyl groups is 6. The fraction of sp³-hybridized carbons (Fsp3) is 0.520. The monoisotopic (exact) mass is 900 g/mol. The second-order valence-corrected chi connectivity index (χ2v) is 17.6. The first-order valence-corrected chi connectivity index (χ1v) is 22.6. The summed E-state index contributed by atoms with van der Waals surface area (Å²) in [5.74, 6) is -7.49. The molecule has 0 amide bonds. The minimum atomic E-state index is -2.11. The fourth-order valence-corrected chi connectivity index (χ4v) is 9.80. The summed E-state index contributed by atoms with van der Waals surface area (Å²) in [5, 5.41) is 62.9. The fourth-order valence-electron chi connectivity index (χ4n) is 9.80. The highest BCUT2D eigenvalue weighted by Crippen LogP contribution is 2.41. The molecule has 6 atom stereocenters. The number of hydrogen-bond acceptors (Lipinski definition) is 15. The number of esters is 3. The van der Waals surface area contributed by atoms with Gasteiger partial charge in [-0.15, -0.1) is 0 Å². The van der Waals surface area contributed by atoms with Gasteiger partial charge in [-0.05, 0) is 79.7 Å². The van der Waals surface area contributed by atoms with Crippen molar-refractivity contribution in [3.63, 3.8) is 0 Å².